The number of carbonyl (C=O) groups excluding carboxylic acids is 1. The van der Waals surface area contributed by atoms with Gasteiger partial charge in [0.1, 0.15) is 12.1 Å². The molecule has 0 bridgehead atoms. The van der Waals surface area contributed by atoms with E-state index < -0.39 is 0 Å². The third-order valence-electron chi connectivity index (χ3n) is 5.21. The number of hydrogen-bond acceptors (Lipinski definition) is 4. The maximum atomic E-state index is 12.9. The van der Waals surface area contributed by atoms with Gasteiger partial charge in [-0.2, -0.15) is 0 Å². The number of imidazole rings is 1. The maximum absolute atomic E-state index is 12.9. The molecule has 0 unspecified atom stereocenters. The van der Waals surface area contributed by atoms with E-state index in [4.69, 9.17) is 0 Å². The van der Waals surface area contributed by atoms with Crippen LogP contribution in [0.1, 0.15) is 35.2 Å². The number of piperidine rings is 1. The molecule has 0 aliphatic carbocycles. The molecule has 1 aromatic carbocycles. The molecule has 144 valence electrons. The highest BCUT2D eigenvalue weighted by Crippen LogP contribution is 2.25. The molecule has 1 amide bonds. The summed E-state index contributed by atoms with van der Waals surface area (Å²) < 4.78 is 1.81. The van der Waals surface area contributed by atoms with E-state index in [1.165, 1.54) is 30.5 Å². The Bertz CT molecular complexity index is 914. The standard InChI is InChI=1S/C22H25N5O/c1-25(16-19-7-3-4-8-20(19)26-12-5-2-6-13-26)22(28)18-9-10-21(24-15-18)27-14-11-23-17-27/h3-4,7-11,14-15,17H,2,5-6,12-13,16H2,1H3. The molecule has 1 fully saturated rings. The van der Waals surface area contributed by atoms with Gasteiger partial charge in [-0.25, -0.2) is 9.97 Å². The van der Waals surface area contributed by atoms with Gasteiger partial charge in [-0.15, -0.1) is 0 Å². The Morgan fingerprint density at radius 3 is 2.64 bits per heavy atom. The van der Waals surface area contributed by atoms with Gasteiger partial charge in [-0.1, -0.05) is 18.2 Å². The first-order valence-electron chi connectivity index (χ1n) is 9.75. The molecule has 0 radical (unpaired) electrons. The number of nitrogens with zero attached hydrogens (tertiary/aromatic N) is 5. The number of rotatable bonds is 5. The number of benzene rings is 1. The largest absolute Gasteiger partial charge is 0.371 e. The molecule has 1 aliphatic rings. The van der Waals surface area contributed by atoms with Gasteiger partial charge in [0.2, 0.25) is 0 Å². The highest BCUT2D eigenvalue weighted by atomic mass is 16.2. The van der Waals surface area contributed by atoms with Gasteiger partial charge in [0, 0.05) is 51.0 Å². The quantitative estimate of drug-likeness (QED) is 0.685. The molecule has 6 heteroatoms. The van der Waals surface area contributed by atoms with Gasteiger partial charge in [0.05, 0.1) is 5.56 Å². The van der Waals surface area contributed by atoms with Crippen molar-refractivity contribution in [3.8, 4) is 5.82 Å². The van der Waals surface area contributed by atoms with E-state index in [1.54, 1.807) is 23.6 Å². The van der Waals surface area contributed by atoms with E-state index in [0.29, 0.717) is 12.1 Å². The fraction of sp³-hybridized carbons (Fsp3) is 0.318. The van der Waals surface area contributed by atoms with E-state index >= 15 is 0 Å². The predicted octanol–water partition coefficient (Wildman–Crippen LogP) is 3.53. The van der Waals surface area contributed by atoms with Crippen molar-refractivity contribution in [2.45, 2.75) is 25.8 Å². The van der Waals surface area contributed by atoms with E-state index in [1.807, 2.05) is 36.0 Å². The summed E-state index contributed by atoms with van der Waals surface area (Å²) in [7, 11) is 1.85. The van der Waals surface area contributed by atoms with Crippen LogP contribution in [0.5, 0.6) is 0 Å². The van der Waals surface area contributed by atoms with Gasteiger partial charge in [0.25, 0.3) is 5.91 Å². The minimum absolute atomic E-state index is 0.0295. The summed E-state index contributed by atoms with van der Waals surface area (Å²) in [6.07, 6.45) is 10.6. The van der Waals surface area contributed by atoms with Crippen molar-refractivity contribution in [2.75, 3.05) is 25.0 Å². The SMILES string of the molecule is CN(Cc1ccccc1N1CCCCC1)C(=O)c1ccc(-n2ccnc2)nc1. The van der Waals surface area contributed by atoms with Crippen molar-refractivity contribution in [1.82, 2.24) is 19.4 Å². The first kappa shape index (κ1) is 18.2. The van der Waals surface area contributed by atoms with Crippen LogP contribution in [-0.2, 0) is 6.54 Å². The number of anilines is 1. The monoisotopic (exact) mass is 375 g/mol. The third kappa shape index (κ3) is 3.91. The topological polar surface area (TPSA) is 54.3 Å². The van der Waals surface area contributed by atoms with Crippen molar-refractivity contribution in [2.24, 2.45) is 0 Å². The molecular formula is C22H25N5O. The summed E-state index contributed by atoms with van der Waals surface area (Å²) >= 11 is 0. The molecule has 28 heavy (non-hydrogen) atoms. The highest BCUT2D eigenvalue weighted by molar-refractivity contribution is 5.93. The first-order chi connectivity index (χ1) is 13.7. The zero-order valence-electron chi connectivity index (χ0n) is 16.2. The van der Waals surface area contributed by atoms with Gasteiger partial charge >= 0.3 is 0 Å². The number of para-hydroxylation sites is 1. The summed E-state index contributed by atoms with van der Waals surface area (Å²) in [5.41, 5.74) is 3.01. The van der Waals surface area contributed by atoms with Crippen molar-refractivity contribution in [1.29, 1.82) is 0 Å². The molecule has 6 nitrogen and oxygen atoms in total. The Hall–Kier alpha value is -3.15. The second-order valence-electron chi connectivity index (χ2n) is 7.21. The Morgan fingerprint density at radius 2 is 1.93 bits per heavy atom. The minimum atomic E-state index is -0.0295. The number of hydrogen-bond donors (Lipinski definition) is 0. The van der Waals surface area contributed by atoms with Gasteiger partial charge in [0.15, 0.2) is 0 Å². The molecule has 3 aromatic rings. The molecule has 0 saturated carbocycles. The fourth-order valence-corrected chi connectivity index (χ4v) is 3.70. The van der Waals surface area contributed by atoms with E-state index in [2.05, 4.69) is 33.1 Å². The summed E-state index contributed by atoms with van der Waals surface area (Å²) in [6.45, 7) is 2.76. The van der Waals surface area contributed by atoms with Crippen LogP contribution in [0, 0.1) is 0 Å². The Balaban J connectivity index is 1.48. The lowest BCUT2D eigenvalue weighted by molar-refractivity contribution is 0.0785. The van der Waals surface area contributed by atoms with E-state index in [9.17, 15) is 4.79 Å². The molecule has 0 spiro atoms. The van der Waals surface area contributed by atoms with Crippen molar-refractivity contribution < 1.29 is 4.79 Å². The maximum Gasteiger partial charge on any atom is 0.255 e. The molecule has 4 rings (SSSR count). The fourth-order valence-electron chi connectivity index (χ4n) is 3.70. The lowest BCUT2D eigenvalue weighted by Crippen LogP contribution is -2.32. The highest BCUT2D eigenvalue weighted by Gasteiger charge is 2.18. The smallest absolute Gasteiger partial charge is 0.255 e. The van der Waals surface area contributed by atoms with Crippen LogP contribution in [0.25, 0.3) is 5.82 Å². The first-order valence-corrected chi connectivity index (χ1v) is 9.75. The predicted molar refractivity (Wildman–Crippen MR) is 110 cm³/mol. The van der Waals surface area contributed by atoms with Crippen LogP contribution in [0.2, 0.25) is 0 Å². The average Bonchev–Trinajstić information content (AvgIpc) is 3.29. The summed E-state index contributed by atoms with van der Waals surface area (Å²) in [4.78, 5) is 25.5. The van der Waals surface area contributed by atoms with E-state index in [0.717, 1.165) is 18.9 Å². The van der Waals surface area contributed by atoms with Crippen molar-refractivity contribution in [3.63, 3.8) is 0 Å². The Kier molecular flexibility index (Phi) is 5.37. The van der Waals surface area contributed by atoms with Gasteiger partial charge in [-0.05, 0) is 43.0 Å². The molecule has 3 heterocycles. The van der Waals surface area contributed by atoms with Crippen molar-refractivity contribution >= 4 is 11.6 Å². The third-order valence-corrected chi connectivity index (χ3v) is 5.21. The van der Waals surface area contributed by atoms with Crippen LogP contribution < -0.4 is 4.90 Å². The molecule has 1 aliphatic heterocycles. The second-order valence-corrected chi connectivity index (χ2v) is 7.21. The number of pyridine rings is 1. The molecule has 0 N–H and O–H groups in total. The molecule has 0 atom stereocenters. The zero-order chi connectivity index (χ0) is 19.3. The van der Waals surface area contributed by atoms with Gasteiger partial charge in [-0.3, -0.25) is 9.36 Å². The normalized spacial score (nSPS) is 14.1. The minimum Gasteiger partial charge on any atom is -0.371 e. The van der Waals surface area contributed by atoms with Crippen LogP contribution in [0.4, 0.5) is 5.69 Å². The molecule has 2 aromatic heterocycles. The molecule has 1 saturated heterocycles. The Labute approximate surface area is 165 Å². The van der Waals surface area contributed by atoms with Crippen molar-refractivity contribution in [3.05, 3.63) is 72.4 Å². The van der Waals surface area contributed by atoms with Crippen LogP contribution in [0.3, 0.4) is 0 Å². The van der Waals surface area contributed by atoms with Crippen LogP contribution in [0.15, 0.2) is 61.3 Å². The summed E-state index contributed by atoms with van der Waals surface area (Å²) in [6, 6.07) is 12.1. The van der Waals surface area contributed by atoms with Gasteiger partial charge < -0.3 is 9.80 Å². The zero-order valence-corrected chi connectivity index (χ0v) is 16.2. The number of amides is 1. The lowest BCUT2D eigenvalue weighted by atomic mass is 10.1. The second kappa shape index (κ2) is 8.25. The number of carbonyl (C=O) groups is 1. The van der Waals surface area contributed by atoms with Crippen LogP contribution >= 0.6 is 0 Å². The number of aromatic nitrogens is 3. The summed E-state index contributed by atoms with van der Waals surface area (Å²) in [5.74, 6) is 0.713. The summed E-state index contributed by atoms with van der Waals surface area (Å²) in [5, 5.41) is 0. The average molecular weight is 375 g/mol. The molecular weight excluding hydrogens is 350 g/mol. The van der Waals surface area contributed by atoms with E-state index in [-0.39, 0.29) is 5.91 Å². The van der Waals surface area contributed by atoms with Crippen LogP contribution in [-0.4, -0.2) is 45.5 Å². The lowest BCUT2D eigenvalue weighted by Gasteiger charge is -2.31. The Morgan fingerprint density at radius 1 is 1.11 bits per heavy atom.